The van der Waals surface area contributed by atoms with Gasteiger partial charge in [-0.2, -0.15) is 0 Å². The van der Waals surface area contributed by atoms with Gasteiger partial charge in [0.15, 0.2) is 0 Å². The van der Waals surface area contributed by atoms with E-state index in [2.05, 4.69) is 37.2 Å². The molecule has 0 aliphatic rings. The molecule has 1 rings (SSSR count). The third kappa shape index (κ3) is 2.87. The highest BCUT2D eigenvalue weighted by Gasteiger charge is 2.07. The molecule has 1 aromatic carbocycles. The minimum atomic E-state index is -0.295. The number of nitrogens with one attached hydrogen (secondary N) is 1. The van der Waals surface area contributed by atoms with E-state index in [1.54, 1.807) is 12.1 Å². The molecule has 14 heavy (non-hydrogen) atoms. The molecule has 6 heteroatoms. The van der Waals surface area contributed by atoms with Crippen LogP contribution in [0.1, 0.15) is 0 Å². The van der Waals surface area contributed by atoms with Crippen LogP contribution in [0.2, 0.25) is 0 Å². The van der Waals surface area contributed by atoms with Gasteiger partial charge >= 0.3 is 0 Å². The molecule has 0 saturated heterocycles. The van der Waals surface area contributed by atoms with E-state index in [0.29, 0.717) is 14.6 Å². The smallest absolute Gasteiger partial charge is 0.239 e. The Labute approximate surface area is 103 Å². The van der Waals surface area contributed by atoms with Crippen LogP contribution in [0.4, 0.5) is 5.69 Å². The molecule has 0 radical (unpaired) electrons. The van der Waals surface area contributed by atoms with Gasteiger partial charge in [-0.3, -0.25) is 4.79 Å². The molecule has 0 aliphatic carbocycles. The maximum absolute atomic E-state index is 11.0. The predicted molar refractivity (Wildman–Crippen MR) is 62.9 cm³/mol. The molecule has 0 bridgehead atoms. The lowest BCUT2D eigenvalue weighted by atomic mass is 10.3. The summed E-state index contributed by atoms with van der Waals surface area (Å²) in [6.45, 7) is 0. The molecule has 1 amide bonds. The van der Waals surface area contributed by atoms with Crippen LogP contribution in [0.3, 0.4) is 0 Å². The maximum atomic E-state index is 11.0. The standard InChI is InChI=1S/C8H6Br2ClNO2/c9-5-1-4(12-7(13)3-11)2-6(10)8(5)14/h1-2,14H,3H2,(H,12,13). The largest absolute Gasteiger partial charge is 0.506 e. The summed E-state index contributed by atoms with van der Waals surface area (Å²) in [5, 5.41) is 11.9. The number of carbonyl (C=O) groups excluding carboxylic acids is 1. The third-order valence-corrected chi connectivity index (χ3v) is 2.87. The Morgan fingerprint density at radius 3 is 2.36 bits per heavy atom. The van der Waals surface area contributed by atoms with E-state index in [1.807, 2.05) is 0 Å². The number of aromatic hydroxyl groups is 1. The van der Waals surface area contributed by atoms with Crippen molar-refractivity contribution in [3.63, 3.8) is 0 Å². The minimum Gasteiger partial charge on any atom is -0.506 e. The second-order valence-electron chi connectivity index (χ2n) is 2.47. The van der Waals surface area contributed by atoms with Crippen molar-refractivity contribution in [2.45, 2.75) is 0 Å². The van der Waals surface area contributed by atoms with E-state index in [0.717, 1.165) is 0 Å². The topological polar surface area (TPSA) is 49.3 Å². The molecule has 0 fully saturated rings. The van der Waals surface area contributed by atoms with Gasteiger partial charge in [0.25, 0.3) is 0 Å². The summed E-state index contributed by atoms with van der Waals surface area (Å²) in [6, 6.07) is 3.18. The molecular weight excluding hydrogens is 337 g/mol. The number of alkyl halides is 1. The van der Waals surface area contributed by atoms with Gasteiger partial charge < -0.3 is 10.4 Å². The Bertz CT molecular complexity index is 347. The van der Waals surface area contributed by atoms with Crippen LogP contribution in [0, 0.1) is 0 Å². The summed E-state index contributed by atoms with van der Waals surface area (Å²) in [5.41, 5.74) is 0.562. The van der Waals surface area contributed by atoms with Gasteiger partial charge in [0, 0.05) is 5.69 Å². The summed E-state index contributed by atoms with van der Waals surface area (Å²) in [5.74, 6) is -0.305. The molecule has 3 nitrogen and oxygen atoms in total. The van der Waals surface area contributed by atoms with Crippen molar-refractivity contribution < 1.29 is 9.90 Å². The molecule has 0 heterocycles. The molecule has 2 N–H and O–H groups in total. The Hall–Kier alpha value is -0.260. The highest BCUT2D eigenvalue weighted by atomic mass is 79.9. The monoisotopic (exact) mass is 341 g/mol. The Morgan fingerprint density at radius 1 is 1.43 bits per heavy atom. The van der Waals surface area contributed by atoms with Crippen molar-refractivity contribution in [3.05, 3.63) is 21.1 Å². The minimum absolute atomic E-state index is 0.0915. The van der Waals surface area contributed by atoms with Crippen molar-refractivity contribution in [1.29, 1.82) is 0 Å². The maximum Gasteiger partial charge on any atom is 0.239 e. The van der Waals surface area contributed by atoms with Crippen LogP contribution in [0.25, 0.3) is 0 Å². The van der Waals surface area contributed by atoms with Crippen molar-refractivity contribution in [2.24, 2.45) is 0 Å². The zero-order valence-electron chi connectivity index (χ0n) is 6.85. The summed E-state index contributed by atoms with van der Waals surface area (Å²) in [4.78, 5) is 11.0. The van der Waals surface area contributed by atoms with Crippen molar-refractivity contribution >= 4 is 55.1 Å². The molecular formula is C8H6Br2ClNO2. The number of halogens is 3. The van der Waals surface area contributed by atoms with Gasteiger partial charge in [0.2, 0.25) is 5.91 Å². The van der Waals surface area contributed by atoms with Gasteiger partial charge in [-0.1, -0.05) is 0 Å². The average molecular weight is 343 g/mol. The normalized spacial score (nSPS) is 9.93. The first-order valence-electron chi connectivity index (χ1n) is 3.58. The number of anilines is 1. The SMILES string of the molecule is O=C(CCl)Nc1cc(Br)c(O)c(Br)c1. The number of carbonyl (C=O) groups is 1. The third-order valence-electron chi connectivity index (χ3n) is 1.42. The van der Waals surface area contributed by atoms with Crippen LogP contribution >= 0.6 is 43.5 Å². The van der Waals surface area contributed by atoms with E-state index in [4.69, 9.17) is 11.6 Å². The number of amides is 1. The lowest BCUT2D eigenvalue weighted by Crippen LogP contribution is -2.12. The highest BCUT2D eigenvalue weighted by Crippen LogP contribution is 2.35. The first-order chi connectivity index (χ1) is 6.54. The van der Waals surface area contributed by atoms with E-state index in [9.17, 15) is 9.90 Å². The number of phenolic OH excluding ortho intramolecular Hbond substituents is 1. The molecule has 0 saturated carbocycles. The van der Waals surface area contributed by atoms with Crippen molar-refractivity contribution in [3.8, 4) is 5.75 Å². The molecule has 0 atom stereocenters. The zero-order chi connectivity index (χ0) is 10.7. The molecule has 1 aromatic rings. The van der Waals surface area contributed by atoms with Crippen LogP contribution in [-0.4, -0.2) is 16.9 Å². The highest BCUT2D eigenvalue weighted by molar-refractivity contribution is 9.11. The molecule has 76 valence electrons. The van der Waals surface area contributed by atoms with E-state index in [1.165, 1.54) is 0 Å². The fraction of sp³-hybridized carbons (Fsp3) is 0.125. The number of hydrogen-bond acceptors (Lipinski definition) is 2. The second kappa shape index (κ2) is 5.00. The van der Waals surface area contributed by atoms with Gasteiger partial charge in [-0.15, -0.1) is 11.6 Å². The Kier molecular flexibility index (Phi) is 4.22. The summed E-state index contributed by atoms with van der Waals surface area (Å²) >= 11 is 11.6. The quantitative estimate of drug-likeness (QED) is 0.640. The van der Waals surface area contributed by atoms with Crippen molar-refractivity contribution in [1.82, 2.24) is 0 Å². The average Bonchev–Trinajstić information content (AvgIpc) is 2.14. The van der Waals surface area contributed by atoms with Crippen LogP contribution < -0.4 is 5.32 Å². The molecule has 0 spiro atoms. The van der Waals surface area contributed by atoms with Crippen LogP contribution in [0.5, 0.6) is 5.75 Å². The number of hydrogen-bond donors (Lipinski definition) is 2. The lowest BCUT2D eigenvalue weighted by molar-refractivity contribution is -0.113. The second-order valence-corrected chi connectivity index (χ2v) is 4.45. The fourth-order valence-electron chi connectivity index (χ4n) is 0.832. The van der Waals surface area contributed by atoms with Gasteiger partial charge in [0.05, 0.1) is 8.95 Å². The van der Waals surface area contributed by atoms with Gasteiger partial charge in [-0.25, -0.2) is 0 Å². The Balaban J connectivity index is 2.95. The van der Waals surface area contributed by atoms with E-state index >= 15 is 0 Å². The summed E-state index contributed by atoms with van der Waals surface area (Å²) in [6.07, 6.45) is 0. The zero-order valence-corrected chi connectivity index (χ0v) is 10.8. The lowest BCUT2D eigenvalue weighted by Gasteiger charge is -2.06. The van der Waals surface area contributed by atoms with Gasteiger partial charge in [-0.05, 0) is 44.0 Å². The first kappa shape index (κ1) is 11.8. The predicted octanol–water partition coefficient (Wildman–Crippen LogP) is 3.09. The first-order valence-corrected chi connectivity index (χ1v) is 5.70. The Morgan fingerprint density at radius 2 is 1.93 bits per heavy atom. The number of phenols is 1. The summed E-state index contributed by atoms with van der Waals surface area (Å²) in [7, 11) is 0. The fourth-order valence-corrected chi connectivity index (χ4v) is 2.09. The van der Waals surface area contributed by atoms with Crippen molar-refractivity contribution in [2.75, 3.05) is 11.2 Å². The number of benzene rings is 1. The van der Waals surface area contributed by atoms with Crippen LogP contribution in [0.15, 0.2) is 21.1 Å². The van der Waals surface area contributed by atoms with Gasteiger partial charge in [0.1, 0.15) is 11.6 Å². The van der Waals surface area contributed by atoms with Crippen LogP contribution in [-0.2, 0) is 4.79 Å². The van der Waals surface area contributed by atoms with E-state index < -0.39 is 0 Å². The summed E-state index contributed by atoms with van der Waals surface area (Å²) < 4.78 is 0.994. The molecule has 0 aliphatic heterocycles. The van der Waals surface area contributed by atoms with E-state index in [-0.39, 0.29) is 17.5 Å². The molecule has 0 aromatic heterocycles. The molecule has 0 unspecified atom stereocenters. The number of rotatable bonds is 2.